The zero-order valence-corrected chi connectivity index (χ0v) is 21.9. The largest absolute Gasteiger partial charge is 0.487 e. The molecule has 2 aliphatic heterocycles. The third-order valence-electron chi connectivity index (χ3n) is 6.69. The van der Waals surface area contributed by atoms with Crippen LogP contribution in [0.25, 0.3) is 10.9 Å². The first kappa shape index (κ1) is 25.7. The molecule has 2 aromatic carbocycles. The molecule has 0 aliphatic carbocycles. The average molecular weight is 595 g/mol. The first-order valence-electron chi connectivity index (χ1n) is 11.5. The van der Waals surface area contributed by atoms with Crippen molar-refractivity contribution in [2.75, 3.05) is 13.1 Å². The number of carbonyl (C=O) groups excluding carboxylic acids is 1. The molecule has 0 radical (unpaired) electrons. The summed E-state index contributed by atoms with van der Waals surface area (Å²) in [6.07, 6.45) is 2.05. The molecular weight excluding hydrogens is 571 g/mol. The van der Waals surface area contributed by atoms with Crippen molar-refractivity contribution in [1.82, 2.24) is 20.0 Å². The molecule has 2 aliphatic rings. The fraction of sp³-hybridized carbons (Fsp3) is 0.348. The van der Waals surface area contributed by atoms with Crippen LogP contribution in [0.3, 0.4) is 0 Å². The van der Waals surface area contributed by atoms with Gasteiger partial charge in [-0.05, 0) is 24.3 Å². The number of likely N-dealkylation sites (tertiary alicyclic amines) is 1. The third-order valence-corrected chi connectivity index (χ3v) is 7.63. The molecule has 1 atom stereocenters. The van der Waals surface area contributed by atoms with Crippen LogP contribution in [0.4, 0.5) is 4.79 Å². The van der Waals surface area contributed by atoms with Crippen LogP contribution in [0.1, 0.15) is 41.2 Å². The zero-order valence-electron chi connectivity index (χ0n) is 19.4. The second kappa shape index (κ2) is 9.73. The van der Waals surface area contributed by atoms with E-state index in [0.717, 1.165) is 10.0 Å². The molecule has 0 unspecified atom stereocenters. The topological polar surface area (TPSA) is 163 Å². The van der Waals surface area contributed by atoms with E-state index < -0.39 is 32.3 Å². The van der Waals surface area contributed by atoms with Gasteiger partial charge in [-0.15, -0.1) is 0 Å². The molecule has 0 saturated carbocycles. The van der Waals surface area contributed by atoms with E-state index >= 15 is 0 Å². The highest BCUT2D eigenvalue weighted by molar-refractivity contribution is 9.10. The second-order valence-electron chi connectivity index (χ2n) is 9.13. The van der Waals surface area contributed by atoms with E-state index in [-0.39, 0.29) is 5.91 Å². The average Bonchev–Trinajstić information content (AvgIpc) is 3.26. The van der Waals surface area contributed by atoms with E-state index in [4.69, 9.17) is 14.5 Å². The fourth-order valence-corrected chi connectivity index (χ4v) is 5.54. The van der Waals surface area contributed by atoms with Gasteiger partial charge in [0, 0.05) is 54.0 Å². The van der Waals surface area contributed by atoms with Crippen LogP contribution in [0.2, 0.25) is 0 Å². The second-order valence-corrected chi connectivity index (χ2v) is 11.3. The Morgan fingerprint density at radius 2 is 2.00 bits per heavy atom. The number of halogens is 1. The van der Waals surface area contributed by atoms with E-state index in [1.807, 2.05) is 18.2 Å². The predicted molar refractivity (Wildman–Crippen MR) is 134 cm³/mol. The van der Waals surface area contributed by atoms with Gasteiger partial charge in [-0.1, -0.05) is 28.1 Å². The lowest BCUT2D eigenvalue weighted by atomic mass is 9.80. The molecule has 1 fully saturated rings. The summed E-state index contributed by atoms with van der Waals surface area (Å²) >= 11 is 3.48. The van der Waals surface area contributed by atoms with Crippen molar-refractivity contribution < 1.29 is 38.3 Å². The van der Waals surface area contributed by atoms with Crippen molar-refractivity contribution in [2.45, 2.75) is 37.6 Å². The normalized spacial score (nSPS) is 18.9. The Hall–Kier alpha value is -2.96. The lowest BCUT2D eigenvalue weighted by molar-refractivity contribution is -0.0205. The summed E-state index contributed by atoms with van der Waals surface area (Å²) in [5.41, 5.74) is 0.852. The van der Waals surface area contributed by atoms with Crippen LogP contribution >= 0.6 is 23.8 Å². The molecule has 2 amide bonds. The number of carboxylic acid groups (broad SMARTS) is 1. The van der Waals surface area contributed by atoms with Gasteiger partial charge in [0.2, 0.25) is 0 Å². The summed E-state index contributed by atoms with van der Waals surface area (Å²) in [7, 11) is -4.68. The predicted octanol–water partition coefficient (Wildman–Crippen LogP) is 3.63. The molecule has 1 spiro atoms. The first-order chi connectivity index (χ1) is 17.5. The van der Waals surface area contributed by atoms with Crippen molar-refractivity contribution in [3.8, 4) is 5.75 Å². The van der Waals surface area contributed by atoms with Crippen LogP contribution in [0, 0.1) is 0 Å². The van der Waals surface area contributed by atoms with Gasteiger partial charge in [0.1, 0.15) is 16.9 Å². The molecule has 196 valence electrons. The van der Waals surface area contributed by atoms with Crippen LogP contribution < -0.4 is 10.1 Å². The van der Waals surface area contributed by atoms with Crippen molar-refractivity contribution in [3.05, 3.63) is 58.2 Å². The Morgan fingerprint density at radius 3 is 2.70 bits per heavy atom. The Kier molecular flexibility index (Phi) is 6.75. The number of phosphoric ester groups is 1. The number of piperidine rings is 1. The van der Waals surface area contributed by atoms with Gasteiger partial charge in [-0.3, -0.25) is 9.32 Å². The number of carbonyl (C=O) groups is 2. The molecule has 37 heavy (non-hydrogen) atoms. The number of benzene rings is 2. The van der Waals surface area contributed by atoms with Crippen molar-refractivity contribution in [1.29, 1.82) is 0 Å². The number of fused-ring (bicyclic) bond motifs is 2. The Bertz CT molecular complexity index is 1410. The van der Waals surface area contributed by atoms with Gasteiger partial charge < -0.3 is 29.8 Å². The number of nitrogens with zero attached hydrogens (tertiary/aromatic N) is 3. The van der Waals surface area contributed by atoms with Crippen molar-refractivity contribution in [2.24, 2.45) is 0 Å². The minimum atomic E-state index is -4.68. The molecule has 1 saturated heterocycles. The van der Waals surface area contributed by atoms with Crippen molar-refractivity contribution >= 4 is 46.7 Å². The van der Waals surface area contributed by atoms with E-state index in [1.165, 1.54) is 15.8 Å². The maximum absolute atomic E-state index is 13.5. The van der Waals surface area contributed by atoms with Crippen molar-refractivity contribution in [3.63, 3.8) is 0 Å². The number of amides is 2. The zero-order chi connectivity index (χ0) is 26.4. The van der Waals surface area contributed by atoms with Crippen LogP contribution in [0.5, 0.6) is 5.75 Å². The number of nitrogens with one attached hydrogen (secondary N) is 1. The van der Waals surface area contributed by atoms with Gasteiger partial charge in [0.05, 0.1) is 11.6 Å². The van der Waals surface area contributed by atoms with Gasteiger partial charge in [-0.2, -0.15) is 5.10 Å². The van der Waals surface area contributed by atoms with Gasteiger partial charge in [0.25, 0.3) is 5.91 Å². The SMILES string of the molecule is O=C(N[C@H]1CC2(CCN(C(=O)O)CC2)Oc2ccc(Br)cc21)c1cccc2cn(COP(=O)(O)O)nc12. The van der Waals surface area contributed by atoms with Gasteiger partial charge >= 0.3 is 13.9 Å². The quantitative estimate of drug-likeness (QED) is 0.323. The highest BCUT2D eigenvalue weighted by atomic mass is 79.9. The summed E-state index contributed by atoms with van der Waals surface area (Å²) in [5.74, 6) is 0.267. The molecule has 1 aromatic heterocycles. The molecule has 4 N–H and O–H groups in total. The molecule has 5 rings (SSSR count). The standard InChI is InChI=1S/C23H24BrN4O8P/c24-15-4-5-19-17(10-15)18(11-23(36-19)6-8-27(9-7-23)22(30)31)25-21(29)16-3-1-2-14-12-28(26-20(14)16)13-35-37(32,33)34/h1-5,10,12,18H,6-9,11,13H2,(H,25,29)(H,30,31)(H2,32,33,34)/t18-/m0/s1. The van der Waals surface area contributed by atoms with Gasteiger partial charge in [0.15, 0.2) is 6.73 Å². The highest BCUT2D eigenvalue weighted by Gasteiger charge is 2.44. The van der Waals surface area contributed by atoms with E-state index in [2.05, 4.69) is 30.9 Å². The molecule has 3 aromatic rings. The van der Waals surface area contributed by atoms with Crippen LogP contribution in [-0.2, 0) is 15.8 Å². The van der Waals surface area contributed by atoms with E-state index in [9.17, 15) is 19.3 Å². The maximum atomic E-state index is 13.5. The number of rotatable bonds is 5. The summed E-state index contributed by atoms with van der Waals surface area (Å²) in [4.78, 5) is 44.2. The lowest BCUT2D eigenvalue weighted by Gasteiger charge is -2.46. The number of phosphoric acid groups is 1. The molecule has 0 bridgehead atoms. The summed E-state index contributed by atoms with van der Waals surface area (Å²) in [5, 5.41) is 17.3. The van der Waals surface area contributed by atoms with Gasteiger partial charge in [-0.25, -0.2) is 14.0 Å². The molecule has 3 heterocycles. The minimum absolute atomic E-state index is 0.296. The number of hydrogen-bond donors (Lipinski definition) is 4. The Labute approximate surface area is 219 Å². The molecule has 14 heteroatoms. The van der Waals surface area contributed by atoms with E-state index in [1.54, 1.807) is 18.2 Å². The number of aromatic nitrogens is 2. The fourth-order valence-electron chi connectivity index (χ4n) is 4.90. The monoisotopic (exact) mass is 594 g/mol. The Balaban J connectivity index is 1.41. The van der Waals surface area contributed by atoms with Crippen LogP contribution in [-0.4, -0.2) is 60.3 Å². The summed E-state index contributed by atoms with van der Waals surface area (Å²) in [6, 6.07) is 10.3. The van der Waals surface area contributed by atoms with E-state index in [0.29, 0.717) is 54.6 Å². The van der Waals surface area contributed by atoms with Crippen LogP contribution in [0.15, 0.2) is 47.1 Å². The number of hydrogen-bond acceptors (Lipinski definition) is 6. The highest BCUT2D eigenvalue weighted by Crippen LogP contribution is 2.45. The lowest BCUT2D eigenvalue weighted by Crippen LogP contribution is -2.53. The minimum Gasteiger partial charge on any atom is -0.487 e. The number of ether oxygens (including phenoxy) is 1. The Morgan fingerprint density at radius 1 is 1.24 bits per heavy atom. The molecular formula is C23H24BrN4O8P. The molecule has 12 nitrogen and oxygen atoms in total. The summed E-state index contributed by atoms with van der Waals surface area (Å²) < 4.78 is 24.0. The first-order valence-corrected chi connectivity index (χ1v) is 13.8. The summed E-state index contributed by atoms with van der Waals surface area (Å²) in [6.45, 7) is 0.210. The smallest absolute Gasteiger partial charge is 0.471 e. The third kappa shape index (κ3) is 5.51. The maximum Gasteiger partial charge on any atom is 0.471 e.